The molecule has 0 spiro atoms. The number of carbonyl (C=O) groups is 4. The highest BCUT2D eigenvalue weighted by atomic mass is 32.2. The molecule has 1 amide bonds. The average molecular weight is 705 g/mol. The first-order chi connectivity index (χ1) is 24.6. The molecular formula is C39H36N4O7S. The van der Waals surface area contributed by atoms with E-state index in [2.05, 4.69) is 80.5 Å². The third kappa shape index (κ3) is 9.59. The maximum absolute atomic E-state index is 12.4. The molecule has 11 nitrogen and oxygen atoms in total. The van der Waals surface area contributed by atoms with Crippen LogP contribution in [-0.4, -0.2) is 76.1 Å². The molecule has 1 fully saturated rings. The third-order valence-electron chi connectivity index (χ3n) is 8.03. The summed E-state index contributed by atoms with van der Waals surface area (Å²) in [5, 5.41) is 18.1. The fourth-order valence-corrected chi connectivity index (χ4v) is 6.65. The molecule has 51 heavy (non-hydrogen) atoms. The molecule has 0 radical (unpaired) electrons. The van der Waals surface area contributed by atoms with E-state index in [1.165, 1.54) is 59.5 Å². The molecular weight excluding hydrogens is 669 g/mol. The highest BCUT2D eigenvalue weighted by Crippen LogP contribution is 2.47. The smallest absolute Gasteiger partial charge is 0.413 e. The van der Waals surface area contributed by atoms with Gasteiger partial charge >= 0.3 is 18.0 Å². The molecule has 1 saturated heterocycles. The molecule has 4 aromatic carbocycles. The van der Waals surface area contributed by atoms with Crippen molar-refractivity contribution in [2.75, 3.05) is 32.6 Å². The number of hydrogen-bond donors (Lipinski definition) is 4. The van der Waals surface area contributed by atoms with Gasteiger partial charge in [-0.25, -0.2) is 19.4 Å². The summed E-state index contributed by atoms with van der Waals surface area (Å²) in [6, 6.07) is 31.9. The minimum Gasteiger partial charge on any atom is -0.478 e. The number of ketones is 1. The highest BCUT2D eigenvalue weighted by Gasteiger charge is 2.24. The van der Waals surface area contributed by atoms with E-state index in [0.29, 0.717) is 34.3 Å². The first-order valence-corrected chi connectivity index (χ1v) is 16.8. The van der Waals surface area contributed by atoms with E-state index >= 15 is 0 Å². The molecule has 1 aromatic heterocycles. The van der Waals surface area contributed by atoms with Crippen LogP contribution in [0.1, 0.15) is 39.9 Å². The number of fused-ring (bicyclic) bond motifs is 3. The highest BCUT2D eigenvalue weighted by molar-refractivity contribution is 7.99. The second kappa shape index (κ2) is 17.1. The number of rotatable bonds is 5. The number of methoxy groups -OCH3 is 1. The van der Waals surface area contributed by atoms with Crippen LogP contribution in [0.25, 0.3) is 16.6 Å². The lowest BCUT2D eigenvalue weighted by molar-refractivity contribution is -0.134. The van der Waals surface area contributed by atoms with Gasteiger partial charge in [-0.3, -0.25) is 10.1 Å². The number of aliphatic carboxylic acids is 2. The lowest BCUT2D eigenvalue weighted by Crippen LogP contribution is -2.27. The Hall–Kier alpha value is -5.98. The monoisotopic (exact) mass is 704 g/mol. The quantitative estimate of drug-likeness (QED) is 0.105. The van der Waals surface area contributed by atoms with Crippen LogP contribution in [0.15, 0.2) is 125 Å². The van der Waals surface area contributed by atoms with E-state index in [1.54, 1.807) is 35.9 Å². The molecule has 0 bridgehead atoms. The van der Waals surface area contributed by atoms with Crippen molar-refractivity contribution in [3.05, 3.63) is 137 Å². The number of aromatic amines is 1. The number of carbonyl (C=O) groups excluding carboxylic acids is 2. The van der Waals surface area contributed by atoms with Crippen molar-refractivity contribution < 1.29 is 34.1 Å². The fourth-order valence-electron chi connectivity index (χ4n) is 5.56. The number of piperidine rings is 1. The van der Waals surface area contributed by atoms with Crippen LogP contribution in [0.5, 0.6) is 0 Å². The van der Waals surface area contributed by atoms with E-state index in [-0.39, 0.29) is 11.7 Å². The zero-order valence-corrected chi connectivity index (χ0v) is 28.8. The summed E-state index contributed by atoms with van der Waals surface area (Å²) < 4.78 is 4.51. The molecule has 12 heteroatoms. The van der Waals surface area contributed by atoms with E-state index in [4.69, 9.17) is 10.2 Å². The van der Waals surface area contributed by atoms with Crippen LogP contribution in [0, 0.1) is 0 Å². The normalized spacial score (nSPS) is 13.5. The Kier molecular flexibility index (Phi) is 12.2. The Morgan fingerprint density at radius 3 is 1.94 bits per heavy atom. The molecule has 0 aliphatic carbocycles. The Balaban J connectivity index is 0.000000164. The van der Waals surface area contributed by atoms with Crippen molar-refractivity contribution >= 4 is 58.1 Å². The van der Waals surface area contributed by atoms with Gasteiger partial charge in [-0.05, 0) is 66.9 Å². The Morgan fingerprint density at radius 1 is 0.804 bits per heavy atom. The average Bonchev–Trinajstić information content (AvgIpc) is 3.55. The van der Waals surface area contributed by atoms with Gasteiger partial charge in [0.25, 0.3) is 0 Å². The number of likely N-dealkylation sites (tertiary alicyclic amines) is 1. The van der Waals surface area contributed by atoms with Gasteiger partial charge in [-0.1, -0.05) is 84.1 Å². The second-order valence-corrected chi connectivity index (χ2v) is 12.6. The largest absolute Gasteiger partial charge is 0.478 e. The van der Waals surface area contributed by atoms with Gasteiger partial charge in [0.1, 0.15) is 0 Å². The van der Waals surface area contributed by atoms with E-state index in [0.717, 1.165) is 0 Å². The lowest BCUT2D eigenvalue weighted by Gasteiger charge is -2.30. The summed E-state index contributed by atoms with van der Waals surface area (Å²) in [4.78, 5) is 55.0. The number of nitrogens with one attached hydrogen (secondary N) is 2. The van der Waals surface area contributed by atoms with Gasteiger partial charge < -0.3 is 24.8 Å². The zero-order valence-electron chi connectivity index (χ0n) is 28.0. The number of nitrogens with zero attached hydrogens (tertiary/aromatic N) is 2. The van der Waals surface area contributed by atoms with Crippen LogP contribution in [0.3, 0.4) is 0 Å². The summed E-state index contributed by atoms with van der Waals surface area (Å²) >= 11 is 1.91. The first kappa shape index (κ1) is 36.3. The molecule has 0 unspecified atom stereocenters. The van der Waals surface area contributed by atoms with Crippen molar-refractivity contribution in [2.24, 2.45) is 0 Å². The predicted molar refractivity (Wildman–Crippen MR) is 196 cm³/mol. The summed E-state index contributed by atoms with van der Waals surface area (Å²) in [6.07, 6.45) is 2.89. The molecule has 7 rings (SSSR count). The van der Waals surface area contributed by atoms with Crippen molar-refractivity contribution in [3.63, 3.8) is 0 Å². The van der Waals surface area contributed by atoms with E-state index in [9.17, 15) is 19.2 Å². The van der Waals surface area contributed by atoms with Crippen LogP contribution < -0.4 is 5.32 Å². The molecule has 0 atom stereocenters. The van der Waals surface area contributed by atoms with Crippen molar-refractivity contribution in [3.8, 4) is 0 Å². The van der Waals surface area contributed by atoms with Gasteiger partial charge in [-0.2, -0.15) is 0 Å². The molecule has 2 aliphatic rings. The maximum atomic E-state index is 12.4. The molecule has 3 heterocycles. The maximum Gasteiger partial charge on any atom is 0.413 e. The first-order valence-electron chi connectivity index (χ1n) is 16.0. The minimum atomic E-state index is -1.26. The Morgan fingerprint density at radius 2 is 1.37 bits per heavy atom. The summed E-state index contributed by atoms with van der Waals surface area (Å²) in [5.74, 6) is -2.31. The molecule has 5 aromatic rings. The summed E-state index contributed by atoms with van der Waals surface area (Å²) in [5.41, 5.74) is 8.48. The molecule has 260 valence electrons. The van der Waals surface area contributed by atoms with Crippen molar-refractivity contribution in [1.29, 1.82) is 0 Å². The number of carboxylic acid groups (broad SMARTS) is 2. The standard InChI is InChI=1S/C19H19NS.C16H13N3O3.C4H4O4/c1-20-12-10-14(11-13-20)19-15-6-2-4-8-17(15)21-18-9-5-3-7-16(18)19;1-22-16(21)19-15-17-12-8-7-11(9-13(12)18-15)14(20)10-5-3-2-4-6-10;5-3(6)1-2-4(7)8/h2-9H,10-13H2,1H3;2-9H,1H3,(H2,17,18,19,21);1-2H,(H,5,6)(H,7,8). The third-order valence-corrected chi connectivity index (χ3v) is 9.18. The number of ether oxygens (including phenoxy) is 1. The van der Waals surface area contributed by atoms with Gasteiger partial charge in [0.05, 0.1) is 18.1 Å². The number of amides is 1. The lowest BCUT2D eigenvalue weighted by atomic mass is 9.88. The minimum absolute atomic E-state index is 0.0698. The van der Waals surface area contributed by atoms with E-state index < -0.39 is 18.0 Å². The molecule has 0 saturated carbocycles. The fraction of sp³-hybridized carbons (Fsp3) is 0.154. The predicted octanol–water partition coefficient (Wildman–Crippen LogP) is 7.36. The van der Waals surface area contributed by atoms with Gasteiger partial charge in [0, 0.05) is 46.2 Å². The number of imidazole rings is 1. The van der Waals surface area contributed by atoms with Gasteiger partial charge in [-0.15, -0.1) is 0 Å². The van der Waals surface area contributed by atoms with Crippen LogP contribution >= 0.6 is 11.8 Å². The summed E-state index contributed by atoms with van der Waals surface area (Å²) in [6.45, 7) is 2.35. The second-order valence-electron chi connectivity index (χ2n) is 11.5. The number of H-pyrrole nitrogens is 1. The van der Waals surface area contributed by atoms with Crippen LogP contribution in [-0.2, 0) is 14.3 Å². The Labute approximate surface area is 298 Å². The SMILES string of the molecule is CN1CCC(=C2c3ccccc3Sc3ccccc32)CC1.COC(=O)Nc1nc2ccc(C(=O)c3ccccc3)cc2[nH]1.O=C(O)C=CC(=O)O. The number of anilines is 1. The number of aromatic nitrogens is 2. The van der Waals surface area contributed by atoms with Crippen molar-refractivity contribution in [2.45, 2.75) is 22.6 Å². The van der Waals surface area contributed by atoms with Gasteiger partial charge in [0.15, 0.2) is 5.78 Å². The van der Waals surface area contributed by atoms with Crippen molar-refractivity contribution in [1.82, 2.24) is 14.9 Å². The molecule has 4 N–H and O–H groups in total. The van der Waals surface area contributed by atoms with Crippen LogP contribution in [0.4, 0.5) is 10.7 Å². The molecule has 2 aliphatic heterocycles. The summed E-state index contributed by atoms with van der Waals surface area (Å²) in [7, 11) is 3.49. The van der Waals surface area contributed by atoms with Gasteiger partial charge in [0.2, 0.25) is 5.95 Å². The van der Waals surface area contributed by atoms with E-state index in [1.807, 2.05) is 30.0 Å². The topological polar surface area (TPSA) is 162 Å². The van der Waals surface area contributed by atoms with Crippen LogP contribution in [0.2, 0.25) is 0 Å². The number of benzene rings is 4. The number of carboxylic acids is 2. The number of hydrogen-bond acceptors (Lipinski definition) is 8. The Bertz CT molecular complexity index is 2050. The zero-order chi connectivity index (χ0) is 36.3.